The van der Waals surface area contributed by atoms with E-state index in [2.05, 4.69) is 32.2 Å². The van der Waals surface area contributed by atoms with Crippen LogP contribution in [0.25, 0.3) is 0 Å². The van der Waals surface area contributed by atoms with Gasteiger partial charge in [0.2, 0.25) is 5.91 Å². The van der Waals surface area contributed by atoms with Gasteiger partial charge in [-0.05, 0) is 42.9 Å². The maximum atomic E-state index is 12.2. The third-order valence-electron chi connectivity index (χ3n) is 4.09. The van der Waals surface area contributed by atoms with Gasteiger partial charge in [0.15, 0.2) is 0 Å². The lowest BCUT2D eigenvalue weighted by Crippen LogP contribution is -2.36. The molecular formula is C18H28N2O2. The smallest absolute Gasteiger partial charge is 0.238 e. The van der Waals surface area contributed by atoms with Crippen LogP contribution in [-0.4, -0.2) is 42.2 Å². The summed E-state index contributed by atoms with van der Waals surface area (Å²) in [4.78, 5) is 14.1. The average Bonchev–Trinajstić information content (AvgIpc) is 3.21. The van der Waals surface area contributed by atoms with Gasteiger partial charge in [-0.2, -0.15) is 0 Å². The Morgan fingerprint density at radius 2 is 2.00 bits per heavy atom. The molecule has 1 saturated carbocycles. The summed E-state index contributed by atoms with van der Waals surface area (Å²) in [7, 11) is 1.88. The minimum Gasteiger partial charge on any atom is -0.392 e. The monoisotopic (exact) mass is 304 g/mol. The van der Waals surface area contributed by atoms with E-state index in [4.69, 9.17) is 0 Å². The number of carbonyl (C=O) groups excluding carboxylic acids is 1. The van der Waals surface area contributed by atoms with Crippen molar-refractivity contribution in [3.8, 4) is 0 Å². The van der Waals surface area contributed by atoms with Gasteiger partial charge in [0.25, 0.3) is 0 Å². The molecule has 1 fully saturated rings. The standard InChI is InChI=1S/C18H28N2O2/c1-18(2,3)14-7-5-6-8-15(14)19-17(22)12-20(4)11-16(21)13-9-10-13/h5-8,13,16,21H,9-12H2,1-4H3,(H,19,22). The molecule has 0 aromatic heterocycles. The predicted octanol–water partition coefficient (Wildman–Crippen LogP) is 2.63. The lowest BCUT2D eigenvalue weighted by atomic mass is 9.86. The van der Waals surface area contributed by atoms with Gasteiger partial charge >= 0.3 is 0 Å². The van der Waals surface area contributed by atoms with Crippen molar-refractivity contribution in [1.82, 2.24) is 4.90 Å². The number of likely N-dealkylation sites (N-methyl/N-ethyl adjacent to an activating group) is 1. The largest absolute Gasteiger partial charge is 0.392 e. The topological polar surface area (TPSA) is 52.6 Å². The molecule has 4 nitrogen and oxygen atoms in total. The fourth-order valence-corrected chi connectivity index (χ4v) is 2.69. The summed E-state index contributed by atoms with van der Waals surface area (Å²) in [6.07, 6.45) is 1.92. The molecule has 22 heavy (non-hydrogen) atoms. The van der Waals surface area contributed by atoms with Gasteiger partial charge in [0.05, 0.1) is 12.6 Å². The molecular weight excluding hydrogens is 276 g/mol. The van der Waals surface area contributed by atoms with Crippen LogP contribution < -0.4 is 5.32 Å². The zero-order valence-electron chi connectivity index (χ0n) is 14.1. The van der Waals surface area contributed by atoms with Gasteiger partial charge in [-0.1, -0.05) is 39.0 Å². The van der Waals surface area contributed by atoms with E-state index in [1.807, 2.05) is 30.1 Å². The summed E-state index contributed by atoms with van der Waals surface area (Å²) in [6.45, 7) is 7.25. The molecule has 0 bridgehead atoms. The molecule has 1 aliphatic rings. The first-order valence-corrected chi connectivity index (χ1v) is 8.03. The van der Waals surface area contributed by atoms with E-state index in [1.54, 1.807) is 0 Å². The quantitative estimate of drug-likeness (QED) is 0.849. The molecule has 0 aliphatic heterocycles. The van der Waals surface area contributed by atoms with Crippen LogP contribution in [0.2, 0.25) is 0 Å². The molecule has 1 amide bonds. The second-order valence-corrected chi connectivity index (χ2v) is 7.45. The van der Waals surface area contributed by atoms with Crippen LogP contribution >= 0.6 is 0 Å². The van der Waals surface area contributed by atoms with Gasteiger partial charge in [-0.25, -0.2) is 0 Å². The van der Waals surface area contributed by atoms with Gasteiger partial charge in [-0.15, -0.1) is 0 Å². The van der Waals surface area contributed by atoms with Crippen molar-refractivity contribution in [3.63, 3.8) is 0 Å². The molecule has 0 spiro atoms. The summed E-state index contributed by atoms with van der Waals surface area (Å²) >= 11 is 0. The van der Waals surface area contributed by atoms with Gasteiger partial charge < -0.3 is 10.4 Å². The van der Waals surface area contributed by atoms with Crippen LogP contribution in [0.5, 0.6) is 0 Å². The maximum absolute atomic E-state index is 12.2. The predicted molar refractivity (Wildman–Crippen MR) is 90.0 cm³/mol. The Bertz CT molecular complexity index is 518. The number of benzene rings is 1. The molecule has 122 valence electrons. The summed E-state index contributed by atoms with van der Waals surface area (Å²) < 4.78 is 0. The Kier molecular flexibility index (Phi) is 5.24. The van der Waals surface area contributed by atoms with Gasteiger partial charge in [0.1, 0.15) is 0 Å². The minimum atomic E-state index is -0.306. The number of anilines is 1. The van der Waals surface area contributed by atoms with E-state index in [9.17, 15) is 9.90 Å². The highest BCUT2D eigenvalue weighted by molar-refractivity contribution is 5.93. The lowest BCUT2D eigenvalue weighted by molar-refractivity contribution is -0.117. The molecule has 1 aliphatic carbocycles. The van der Waals surface area contributed by atoms with Crippen molar-refractivity contribution in [2.24, 2.45) is 5.92 Å². The van der Waals surface area contributed by atoms with Crippen molar-refractivity contribution in [2.75, 3.05) is 25.5 Å². The van der Waals surface area contributed by atoms with Crippen LogP contribution in [0.15, 0.2) is 24.3 Å². The average molecular weight is 304 g/mol. The number of hydrogen-bond donors (Lipinski definition) is 2. The Morgan fingerprint density at radius 3 is 2.59 bits per heavy atom. The number of nitrogens with zero attached hydrogens (tertiary/aromatic N) is 1. The van der Waals surface area contributed by atoms with Crippen LogP contribution in [0.4, 0.5) is 5.69 Å². The SMILES string of the molecule is CN(CC(=O)Nc1ccccc1C(C)(C)C)CC(O)C1CC1. The summed E-state index contributed by atoms with van der Waals surface area (Å²) in [5, 5.41) is 12.9. The number of hydrogen-bond acceptors (Lipinski definition) is 3. The molecule has 0 saturated heterocycles. The highest BCUT2D eigenvalue weighted by atomic mass is 16.3. The third kappa shape index (κ3) is 4.82. The van der Waals surface area contributed by atoms with Crippen molar-refractivity contribution < 1.29 is 9.90 Å². The number of rotatable bonds is 6. The van der Waals surface area contributed by atoms with Crippen molar-refractivity contribution in [1.29, 1.82) is 0 Å². The van der Waals surface area contributed by atoms with E-state index in [1.165, 1.54) is 0 Å². The number of aliphatic hydroxyl groups is 1. The highest BCUT2D eigenvalue weighted by Gasteiger charge is 2.30. The molecule has 1 aromatic carbocycles. The first kappa shape index (κ1) is 17.0. The molecule has 0 heterocycles. The molecule has 0 radical (unpaired) electrons. The van der Waals surface area contributed by atoms with E-state index in [0.29, 0.717) is 19.0 Å². The molecule has 4 heteroatoms. The Morgan fingerprint density at radius 1 is 1.36 bits per heavy atom. The van der Waals surface area contributed by atoms with Crippen molar-refractivity contribution in [2.45, 2.75) is 45.1 Å². The molecule has 1 unspecified atom stereocenters. The maximum Gasteiger partial charge on any atom is 0.238 e. The lowest BCUT2D eigenvalue weighted by Gasteiger charge is -2.24. The molecule has 1 atom stereocenters. The zero-order valence-corrected chi connectivity index (χ0v) is 14.1. The molecule has 2 rings (SSSR count). The van der Waals surface area contributed by atoms with Gasteiger partial charge in [-0.3, -0.25) is 9.69 Å². The fourth-order valence-electron chi connectivity index (χ4n) is 2.69. The Labute approximate surface area is 133 Å². The first-order valence-electron chi connectivity index (χ1n) is 8.03. The van der Waals surface area contributed by atoms with E-state index < -0.39 is 0 Å². The summed E-state index contributed by atoms with van der Waals surface area (Å²) in [5.74, 6) is 0.398. The van der Waals surface area contributed by atoms with E-state index >= 15 is 0 Å². The second kappa shape index (κ2) is 6.80. The zero-order chi connectivity index (χ0) is 16.3. The second-order valence-electron chi connectivity index (χ2n) is 7.45. The number of aliphatic hydroxyl groups excluding tert-OH is 1. The van der Waals surface area contributed by atoms with Crippen LogP contribution in [-0.2, 0) is 10.2 Å². The summed E-state index contributed by atoms with van der Waals surface area (Å²) in [6, 6.07) is 7.92. The number of nitrogens with one attached hydrogen (secondary N) is 1. The molecule has 1 aromatic rings. The van der Waals surface area contributed by atoms with Gasteiger partial charge in [0, 0.05) is 12.2 Å². The molecule has 2 N–H and O–H groups in total. The summed E-state index contributed by atoms with van der Waals surface area (Å²) in [5.41, 5.74) is 1.98. The van der Waals surface area contributed by atoms with E-state index in [0.717, 1.165) is 24.1 Å². The van der Waals surface area contributed by atoms with Crippen LogP contribution in [0.1, 0.15) is 39.2 Å². The number of carbonyl (C=O) groups is 1. The normalized spacial score (nSPS) is 16.6. The minimum absolute atomic E-state index is 0.0159. The third-order valence-corrected chi connectivity index (χ3v) is 4.09. The van der Waals surface area contributed by atoms with Crippen molar-refractivity contribution in [3.05, 3.63) is 29.8 Å². The van der Waals surface area contributed by atoms with E-state index in [-0.39, 0.29) is 17.4 Å². The number of amides is 1. The van der Waals surface area contributed by atoms with Crippen LogP contribution in [0.3, 0.4) is 0 Å². The fraction of sp³-hybridized carbons (Fsp3) is 0.611. The Balaban J connectivity index is 1.91. The first-order chi connectivity index (χ1) is 10.3. The Hall–Kier alpha value is -1.39. The number of para-hydroxylation sites is 1. The highest BCUT2D eigenvalue weighted by Crippen LogP contribution is 2.32. The van der Waals surface area contributed by atoms with Crippen molar-refractivity contribution >= 4 is 11.6 Å². The van der Waals surface area contributed by atoms with Crippen LogP contribution in [0, 0.1) is 5.92 Å².